The summed E-state index contributed by atoms with van der Waals surface area (Å²) in [5.74, 6) is 0.338. The Kier molecular flexibility index (Phi) is 6.13. The molecule has 1 saturated heterocycles. The molecule has 1 fully saturated rings. The third-order valence-electron chi connectivity index (χ3n) is 4.18. The van der Waals surface area contributed by atoms with Gasteiger partial charge < -0.3 is 10.1 Å². The van der Waals surface area contributed by atoms with Crippen LogP contribution in [0.2, 0.25) is 0 Å². The Hall–Kier alpha value is -1.46. The van der Waals surface area contributed by atoms with E-state index >= 15 is 0 Å². The quantitative estimate of drug-likeness (QED) is 0.903. The standard InChI is InChI=1S/C18H29N3O2/c1-12(2)17(21-10-14(4)23-15(5)11-21)18(22)20-9-16-7-6-13(3)19-8-16/h6-8,12,14-15,17H,9-11H2,1-5H3,(H,20,22)/t14-,15+,17-/m1/s1. The van der Waals surface area contributed by atoms with Gasteiger partial charge in [0.25, 0.3) is 0 Å². The van der Waals surface area contributed by atoms with Gasteiger partial charge in [0.1, 0.15) is 0 Å². The molecule has 0 saturated carbocycles. The van der Waals surface area contributed by atoms with E-state index in [4.69, 9.17) is 4.74 Å². The van der Waals surface area contributed by atoms with Crippen LogP contribution in [0, 0.1) is 12.8 Å². The summed E-state index contributed by atoms with van der Waals surface area (Å²) in [5, 5.41) is 3.07. The Bertz CT molecular complexity index is 506. The van der Waals surface area contributed by atoms with Crippen LogP contribution in [0.4, 0.5) is 0 Å². The Balaban J connectivity index is 1.99. The van der Waals surface area contributed by atoms with E-state index in [1.54, 1.807) is 0 Å². The highest BCUT2D eigenvalue weighted by atomic mass is 16.5. The van der Waals surface area contributed by atoms with Crippen LogP contribution in [-0.2, 0) is 16.1 Å². The van der Waals surface area contributed by atoms with Gasteiger partial charge in [0.05, 0.1) is 18.2 Å². The predicted molar refractivity (Wildman–Crippen MR) is 91.0 cm³/mol. The fourth-order valence-electron chi connectivity index (χ4n) is 3.23. The fourth-order valence-corrected chi connectivity index (χ4v) is 3.23. The number of carbonyl (C=O) groups excluding carboxylic acids is 1. The zero-order valence-electron chi connectivity index (χ0n) is 14.9. The summed E-state index contributed by atoms with van der Waals surface area (Å²) in [4.78, 5) is 19.2. The maximum absolute atomic E-state index is 12.7. The highest BCUT2D eigenvalue weighted by molar-refractivity contribution is 5.82. The van der Waals surface area contributed by atoms with Gasteiger partial charge in [-0.2, -0.15) is 0 Å². The van der Waals surface area contributed by atoms with Crippen molar-refractivity contribution in [2.45, 2.75) is 59.4 Å². The van der Waals surface area contributed by atoms with Crippen molar-refractivity contribution in [2.75, 3.05) is 13.1 Å². The number of rotatable bonds is 5. The SMILES string of the molecule is Cc1ccc(CNC(=O)[C@@H](C(C)C)N2C[C@@H](C)O[C@@H](C)C2)cn1. The largest absolute Gasteiger partial charge is 0.373 e. The number of ether oxygens (including phenoxy) is 1. The zero-order chi connectivity index (χ0) is 17.0. The molecule has 2 rings (SSSR count). The summed E-state index contributed by atoms with van der Waals surface area (Å²) in [6.07, 6.45) is 2.14. The molecule has 1 aromatic rings. The highest BCUT2D eigenvalue weighted by Crippen LogP contribution is 2.18. The summed E-state index contributed by atoms with van der Waals surface area (Å²) in [6, 6.07) is 3.85. The minimum atomic E-state index is -0.123. The second-order valence-electron chi connectivity index (χ2n) is 6.93. The van der Waals surface area contributed by atoms with E-state index in [0.717, 1.165) is 24.3 Å². The average Bonchev–Trinajstić information content (AvgIpc) is 2.45. The van der Waals surface area contributed by atoms with E-state index < -0.39 is 0 Å². The zero-order valence-corrected chi connectivity index (χ0v) is 14.9. The van der Waals surface area contributed by atoms with Gasteiger partial charge in [0, 0.05) is 31.5 Å². The molecule has 2 heterocycles. The van der Waals surface area contributed by atoms with Crippen LogP contribution in [0.3, 0.4) is 0 Å². The first kappa shape index (κ1) is 17.9. The van der Waals surface area contributed by atoms with Crippen LogP contribution >= 0.6 is 0 Å². The van der Waals surface area contributed by atoms with Gasteiger partial charge >= 0.3 is 0 Å². The summed E-state index contributed by atoms with van der Waals surface area (Å²) in [7, 11) is 0. The Morgan fingerprint density at radius 3 is 2.52 bits per heavy atom. The number of aromatic nitrogens is 1. The van der Waals surface area contributed by atoms with Crippen molar-refractivity contribution in [3.63, 3.8) is 0 Å². The third kappa shape index (κ3) is 5.01. The normalized spacial score (nSPS) is 23.7. The molecule has 1 amide bonds. The molecule has 1 aromatic heterocycles. The van der Waals surface area contributed by atoms with Crippen LogP contribution in [0.1, 0.15) is 39.0 Å². The van der Waals surface area contributed by atoms with E-state index in [1.165, 1.54) is 0 Å². The molecule has 1 N–H and O–H groups in total. The number of nitrogens with zero attached hydrogens (tertiary/aromatic N) is 2. The van der Waals surface area contributed by atoms with Crippen LogP contribution in [0.25, 0.3) is 0 Å². The smallest absolute Gasteiger partial charge is 0.237 e. The monoisotopic (exact) mass is 319 g/mol. The molecule has 0 spiro atoms. The summed E-state index contributed by atoms with van der Waals surface area (Å²) in [6.45, 7) is 12.4. The number of aryl methyl sites for hydroxylation is 1. The van der Waals surface area contributed by atoms with Crippen molar-refractivity contribution in [1.82, 2.24) is 15.2 Å². The first-order valence-corrected chi connectivity index (χ1v) is 8.45. The van der Waals surface area contributed by atoms with Crippen LogP contribution in [-0.4, -0.2) is 47.1 Å². The maximum atomic E-state index is 12.7. The van der Waals surface area contributed by atoms with Crippen molar-refractivity contribution in [2.24, 2.45) is 5.92 Å². The lowest BCUT2D eigenvalue weighted by Gasteiger charge is -2.41. The van der Waals surface area contributed by atoms with Crippen molar-refractivity contribution < 1.29 is 9.53 Å². The van der Waals surface area contributed by atoms with Gasteiger partial charge in [0.2, 0.25) is 5.91 Å². The molecule has 1 aliphatic heterocycles. The minimum absolute atomic E-state index is 0.0851. The maximum Gasteiger partial charge on any atom is 0.237 e. The molecule has 3 atom stereocenters. The van der Waals surface area contributed by atoms with Crippen LogP contribution in [0.15, 0.2) is 18.3 Å². The van der Waals surface area contributed by atoms with E-state index in [-0.39, 0.29) is 30.1 Å². The number of nitrogens with one attached hydrogen (secondary N) is 1. The number of amides is 1. The van der Waals surface area contributed by atoms with E-state index in [9.17, 15) is 4.79 Å². The van der Waals surface area contributed by atoms with Crippen molar-refractivity contribution in [3.8, 4) is 0 Å². The molecular formula is C18H29N3O2. The first-order valence-electron chi connectivity index (χ1n) is 8.45. The van der Waals surface area contributed by atoms with Crippen molar-refractivity contribution in [3.05, 3.63) is 29.6 Å². The van der Waals surface area contributed by atoms with Crippen LogP contribution < -0.4 is 5.32 Å². The molecule has 0 unspecified atom stereocenters. The lowest BCUT2D eigenvalue weighted by molar-refractivity contribution is -0.135. The average molecular weight is 319 g/mol. The highest BCUT2D eigenvalue weighted by Gasteiger charge is 2.33. The molecule has 0 aromatic carbocycles. The van der Waals surface area contributed by atoms with Gasteiger partial charge in [-0.25, -0.2) is 0 Å². The second kappa shape index (κ2) is 7.88. The molecule has 5 nitrogen and oxygen atoms in total. The molecule has 23 heavy (non-hydrogen) atoms. The molecule has 5 heteroatoms. The molecule has 1 aliphatic rings. The minimum Gasteiger partial charge on any atom is -0.373 e. The predicted octanol–water partition coefficient (Wildman–Crippen LogP) is 2.14. The van der Waals surface area contributed by atoms with Gasteiger partial charge in [-0.1, -0.05) is 19.9 Å². The summed E-state index contributed by atoms with van der Waals surface area (Å²) >= 11 is 0. The van der Waals surface area contributed by atoms with Gasteiger partial charge in [-0.15, -0.1) is 0 Å². The second-order valence-corrected chi connectivity index (χ2v) is 6.93. The number of hydrogen-bond donors (Lipinski definition) is 1. The number of morpholine rings is 1. The van der Waals surface area contributed by atoms with Gasteiger partial charge in [-0.3, -0.25) is 14.7 Å². The lowest BCUT2D eigenvalue weighted by atomic mass is 9.99. The van der Waals surface area contributed by atoms with Crippen LogP contribution in [0.5, 0.6) is 0 Å². The lowest BCUT2D eigenvalue weighted by Crippen LogP contribution is -2.56. The fraction of sp³-hybridized carbons (Fsp3) is 0.667. The molecule has 0 radical (unpaired) electrons. The molecule has 0 bridgehead atoms. The Morgan fingerprint density at radius 2 is 2.00 bits per heavy atom. The topological polar surface area (TPSA) is 54.5 Å². The van der Waals surface area contributed by atoms with E-state index in [0.29, 0.717) is 6.54 Å². The van der Waals surface area contributed by atoms with Crippen molar-refractivity contribution in [1.29, 1.82) is 0 Å². The van der Waals surface area contributed by atoms with Crippen molar-refractivity contribution >= 4 is 5.91 Å². The molecular weight excluding hydrogens is 290 g/mol. The Labute approximate surface area is 139 Å². The summed E-state index contributed by atoms with van der Waals surface area (Å²) in [5.41, 5.74) is 2.01. The molecule has 0 aliphatic carbocycles. The van der Waals surface area contributed by atoms with Gasteiger partial charge in [0.15, 0.2) is 0 Å². The number of carbonyl (C=O) groups is 1. The van der Waals surface area contributed by atoms with E-state index in [2.05, 4.69) is 42.9 Å². The number of pyridine rings is 1. The van der Waals surface area contributed by atoms with Gasteiger partial charge in [-0.05, 0) is 38.3 Å². The Morgan fingerprint density at radius 1 is 1.35 bits per heavy atom. The summed E-state index contributed by atoms with van der Waals surface area (Å²) < 4.78 is 5.78. The van der Waals surface area contributed by atoms with E-state index in [1.807, 2.05) is 25.3 Å². The molecule has 128 valence electrons. The number of hydrogen-bond acceptors (Lipinski definition) is 4. The third-order valence-corrected chi connectivity index (χ3v) is 4.18. The first-order chi connectivity index (χ1) is 10.9.